The quantitative estimate of drug-likeness (QED) is 0.679. The van der Waals surface area contributed by atoms with Crippen LogP contribution in [0.4, 0.5) is 18.0 Å². The molecule has 0 radical (unpaired) electrons. The molecule has 0 saturated carbocycles. The summed E-state index contributed by atoms with van der Waals surface area (Å²) in [5.74, 6) is 0.695. The van der Waals surface area contributed by atoms with Crippen LogP contribution >= 0.6 is 0 Å². The Morgan fingerprint density at radius 2 is 1.78 bits per heavy atom. The summed E-state index contributed by atoms with van der Waals surface area (Å²) in [6, 6.07) is 0. The van der Waals surface area contributed by atoms with Crippen molar-refractivity contribution in [3.8, 4) is 0 Å². The molecule has 0 spiro atoms. The lowest BCUT2D eigenvalue weighted by Gasteiger charge is -2.09. The molecule has 0 aromatic rings. The highest BCUT2D eigenvalue weighted by Crippen LogP contribution is 2.14. The molecule has 0 unspecified atom stereocenters. The van der Waals surface area contributed by atoms with Crippen LogP contribution in [0.5, 0.6) is 0 Å². The van der Waals surface area contributed by atoms with Gasteiger partial charge >= 0.3 is 12.3 Å². The first kappa shape index (κ1) is 17.1. The van der Waals surface area contributed by atoms with Crippen LogP contribution in [0.25, 0.3) is 0 Å². The van der Waals surface area contributed by atoms with E-state index in [9.17, 15) is 18.0 Å². The Morgan fingerprint density at radius 3 is 2.33 bits per heavy atom. The lowest BCUT2D eigenvalue weighted by Crippen LogP contribution is -2.29. The maximum absolute atomic E-state index is 11.7. The molecule has 6 heteroatoms. The number of rotatable bonds is 8. The van der Waals surface area contributed by atoms with Gasteiger partial charge in [0, 0.05) is 6.54 Å². The van der Waals surface area contributed by atoms with Crippen molar-refractivity contribution in [2.24, 2.45) is 5.92 Å². The van der Waals surface area contributed by atoms with E-state index < -0.39 is 18.9 Å². The molecule has 0 fully saturated rings. The molecule has 108 valence electrons. The molecule has 0 saturated heterocycles. The standard InChI is InChI=1S/C12H22F3NO2/c1-10(2)7-5-3-4-6-8-16-11(17)18-9-12(13,14)15/h10H,3-9H2,1-2H3,(H,16,17). The molecule has 18 heavy (non-hydrogen) atoms. The van der Waals surface area contributed by atoms with E-state index in [1.54, 1.807) is 0 Å². The number of halogens is 3. The van der Waals surface area contributed by atoms with E-state index in [0.29, 0.717) is 12.5 Å². The summed E-state index contributed by atoms with van der Waals surface area (Å²) >= 11 is 0. The molecule has 0 aromatic heterocycles. The topological polar surface area (TPSA) is 38.3 Å². The third-order valence-corrected chi connectivity index (χ3v) is 2.34. The van der Waals surface area contributed by atoms with Crippen molar-refractivity contribution >= 4 is 6.09 Å². The monoisotopic (exact) mass is 269 g/mol. The number of alkyl halides is 3. The summed E-state index contributed by atoms with van der Waals surface area (Å²) in [4.78, 5) is 10.8. The second-order valence-corrected chi connectivity index (χ2v) is 4.71. The zero-order valence-electron chi connectivity index (χ0n) is 11.0. The van der Waals surface area contributed by atoms with Crippen LogP contribution in [0, 0.1) is 5.92 Å². The van der Waals surface area contributed by atoms with Crippen molar-refractivity contribution in [1.29, 1.82) is 0 Å². The van der Waals surface area contributed by atoms with Crippen LogP contribution < -0.4 is 5.32 Å². The van der Waals surface area contributed by atoms with Gasteiger partial charge in [0.2, 0.25) is 0 Å². The summed E-state index contributed by atoms with van der Waals surface area (Å²) in [5.41, 5.74) is 0. The van der Waals surface area contributed by atoms with E-state index in [1.165, 1.54) is 6.42 Å². The fourth-order valence-electron chi connectivity index (χ4n) is 1.42. The average Bonchev–Trinajstić information content (AvgIpc) is 2.23. The first-order valence-corrected chi connectivity index (χ1v) is 6.28. The van der Waals surface area contributed by atoms with Gasteiger partial charge in [0.1, 0.15) is 0 Å². The van der Waals surface area contributed by atoms with Crippen molar-refractivity contribution < 1.29 is 22.7 Å². The normalized spacial score (nSPS) is 11.7. The Morgan fingerprint density at radius 1 is 1.17 bits per heavy atom. The van der Waals surface area contributed by atoms with Crippen LogP contribution in [0.1, 0.15) is 46.0 Å². The molecular formula is C12H22F3NO2. The summed E-state index contributed by atoms with van der Waals surface area (Å²) < 4.78 is 39.1. The van der Waals surface area contributed by atoms with Crippen LogP contribution in [0.15, 0.2) is 0 Å². The largest absolute Gasteiger partial charge is 0.440 e. The zero-order chi connectivity index (χ0) is 14.0. The molecule has 0 atom stereocenters. The first-order chi connectivity index (χ1) is 8.31. The van der Waals surface area contributed by atoms with Gasteiger partial charge in [-0.1, -0.05) is 39.5 Å². The van der Waals surface area contributed by atoms with E-state index in [-0.39, 0.29) is 0 Å². The molecule has 0 aromatic carbocycles. The SMILES string of the molecule is CC(C)CCCCCCNC(=O)OCC(F)(F)F. The number of ether oxygens (including phenoxy) is 1. The molecule has 0 aliphatic carbocycles. The number of alkyl carbamates (subject to hydrolysis) is 1. The van der Waals surface area contributed by atoms with E-state index in [4.69, 9.17) is 0 Å². The third-order valence-electron chi connectivity index (χ3n) is 2.34. The molecule has 0 heterocycles. The molecule has 0 aliphatic rings. The Hall–Kier alpha value is -0.940. The molecule has 1 N–H and O–H groups in total. The van der Waals surface area contributed by atoms with Gasteiger partial charge in [-0.05, 0) is 12.3 Å². The minimum absolute atomic E-state index is 0.359. The second kappa shape index (κ2) is 9.05. The number of amides is 1. The van der Waals surface area contributed by atoms with Gasteiger partial charge in [-0.25, -0.2) is 4.79 Å². The lowest BCUT2D eigenvalue weighted by molar-refractivity contribution is -0.160. The summed E-state index contributed by atoms with van der Waals surface area (Å²) in [6.07, 6.45) is -0.330. The molecule has 0 aliphatic heterocycles. The predicted octanol–water partition coefficient (Wildman–Crippen LogP) is 3.88. The smallest absolute Gasteiger partial charge is 0.422 e. The lowest BCUT2D eigenvalue weighted by atomic mass is 10.0. The van der Waals surface area contributed by atoms with Gasteiger partial charge in [0.25, 0.3) is 0 Å². The van der Waals surface area contributed by atoms with Gasteiger partial charge in [-0.15, -0.1) is 0 Å². The van der Waals surface area contributed by atoms with Gasteiger partial charge in [0.05, 0.1) is 0 Å². The minimum Gasteiger partial charge on any atom is -0.440 e. The maximum Gasteiger partial charge on any atom is 0.422 e. The number of carbonyl (C=O) groups excluding carboxylic acids is 1. The van der Waals surface area contributed by atoms with Gasteiger partial charge in [-0.3, -0.25) is 0 Å². The second-order valence-electron chi connectivity index (χ2n) is 4.71. The van der Waals surface area contributed by atoms with Crippen molar-refractivity contribution in [2.75, 3.05) is 13.2 Å². The molecular weight excluding hydrogens is 247 g/mol. The predicted molar refractivity (Wildman–Crippen MR) is 63.3 cm³/mol. The Balaban J connectivity index is 3.31. The molecule has 1 amide bonds. The molecule has 0 bridgehead atoms. The maximum atomic E-state index is 11.7. The van der Waals surface area contributed by atoms with Crippen molar-refractivity contribution in [2.45, 2.75) is 52.1 Å². The fraction of sp³-hybridized carbons (Fsp3) is 0.917. The zero-order valence-corrected chi connectivity index (χ0v) is 11.0. The Bertz CT molecular complexity index is 230. The van der Waals surface area contributed by atoms with Crippen LogP contribution in [0.2, 0.25) is 0 Å². The van der Waals surface area contributed by atoms with Crippen molar-refractivity contribution in [1.82, 2.24) is 5.32 Å². The molecule has 0 rings (SSSR count). The van der Waals surface area contributed by atoms with Crippen LogP contribution in [-0.4, -0.2) is 25.4 Å². The molecule has 3 nitrogen and oxygen atoms in total. The average molecular weight is 269 g/mol. The van der Waals surface area contributed by atoms with Gasteiger partial charge in [0.15, 0.2) is 6.61 Å². The summed E-state index contributed by atoms with van der Waals surface area (Å²) in [6.45, 7) is 3.15. The van der Waals surface area contributed by atoms with Crippen molar-refractivity contribution in [3.63, 3.8) is 0 Å². The van der Waals surface area contributed by atoms with Gasteiger partial charge in [-0.2, -0.15) is 13.2 Å². The number of unbranched alkanes of at least 4 members (excludes halogenated alkanes) is 3. The first-order valence-electron chi connectivity index (χ1n) is 6.28. The Labute approximate surface area is 106 Å². The number of hydrogen-bond donors (Lipinski definition) is 1. The number of nitrogens with one attached hydrogen (secondary N) is 1. The van der Waals surface area contributed by atoms with Crippen LogP contribution in [-0.2, 0) is 4.74 Å². The Kier molecular flexibility index (Phi) is 8.58. The minimum atomic E-state index is -4.46. The summed E-state index contributed by atoms with van der Waals surface area (Å²) in [7, 11) is 0. The van der Waals surface area contributed by atoms with E-state index in [2.05, 4.69) is 23.9 Å². The number of hydrogen-bond acceptors (Lipinski definition) is 2. The van der Waals surface area contributed by atoms with Crippen molar-refractivity contribution in [3.05, 3.63) is 0 Å². The van der Waals surface area contributed by atoms with Crippen LogP contribution in [0.3, 0.4) is 0 Å². The highest BCUT2D eigenvalue weighted by molar-refractivity contribution is 5.67. The van der Waals surface area contributed by atoms with E-state index >= 15 is 0 Å². The fourth-order valence-corrected chi connectivity index (χ4v) is 1.42. The van der Waals surface area contributed by atoms with E-state index in [0.717, 1.165) is 25.7 Å². The van der Waals surface area contributed by atoms with Gasteiger partial charge < -0.3 is 10.1 Å². The highest BCUT2D eigenvalue weighted by Gasteiger charge is 2.29. The summed E-state index contributed by atoms with van der Waals surface area (Å²) in [5, 5.41) is 2.29. The highest BCUT2D eigenvalue weighted by atomic mass is 19.4. The van der Waals surface area contributed by atoms with E-state index in [1.807, 2.05) is 0 Å². The number of carbonyl (C=O) groups is 1. The third kappa shape index (κ3) is 13.1.